The molecule has 0 aliphatic carbocycles. The normalized spacial score (nSPS) is 11.8. The van der Waals surface area contributed by atoms with Gasteiger partial charge in [-0.15, -0.1) is 0 Å². The Morgan fingerprint density at radius 2 is 2.00 bits per heavy atom. The van der Waals surface area contributed by atoms with Gasteiger partial charge in [-0.3, -0.25) is 4.79 Å². The van der Waals surface area contributed by atoms with Gasteiger partial charge in [-0.1, -0.05) is 11.6 Å². The molecule has 1 atom stereocenters. The minimum Gasteiger partial charge on any atom is -0.496 e. The second-order valence-electron chi connectivity index (χ2n) is 3.70. The van der Waals surface area contributed by atoms with Crippen molar-refractivity contribution in [1.29, 1.82) is 0 Å². The second kappa shape index (κ2) is 6.40. The molecule has 0 aliphatic rings. The molecule has 1 rings (SSSR count). The lowest BCUT2D eigenvalue weighted by Gasteiger charge is -2.14. The lowest BCUT2D eigenvalue weighted by molar-refractivity contribution is -0.124. The number of amides is 1. The summed E-state index contributed by atoms with van der Waals surface area (Å²) < 4.78 is 9.81. The monoisotopic (exact) mass is 287 g/mol. The van der Waals surface area contributed by atoms with Crippen LogP contribution in [0.1, 0.15) is 17.3 Å². The molecule has 1 aromatic rings. The molecule has 0 heterocycles. The summed E-state index contributed by atoms with van der Waals surface area (Å²) >= 11 is 5.92. The molecule has 1 unspecified atom stereocenters. The van der Waals surface area contributed by atoms with Gasteiger partial charge >= 0.3 is 5.97 Å². The van der Waals surface area contributed by atoms with E-state index in [4.69, 9.17) is 26.2 Å². The van der Waals surface area contributed by atoms with E-state index >= 15 is 0 Å². The van der Waals surface area contributed by atoms with Crippen LogP contribution in [0, 0.1) is 0 Å². The highest BCUT2D eigenvalue weighted by Gasteiger charge is 2.18. The van der Waals surface area contributed by atoms with E-state index in [1.807, 2.05) is 0 Å². The summed E-state index contributed by atoms with van der Waals surface area (Å²) in [5, 5.41) is 11.6. The number of hydrogen-bond donors (Lipinski definition) is 2. The number of rotatable bonds is 5. The Kier molecular flexibility index (Phi) is 5.14. The van der Waals surface area contributed by atoms with Crippen LogP contribution in [0.4, 0.5) is 5.69 Å². The molecule has 0 spiro atoms. The van der Waals surface area contributed by atoms with E-state index < -0.39 is 18.0 Å². The fourth-order valence-corrected chi connectivity index (χ4v) is 1.54. The van der Waals surface area contributed by atoms with Crippen molar-refractivity contribution in [3.63, 3.8) is 0 Å². The van der Waals surface area contributed by atoms with Gasteiger partial charge in [0.2, 0.25) is 0 Å². The van der Waals surface area contributed by atoms with Crippen LogP contribution in [0.5, 0.6) is 5.75 Å². The van der Waals surface area contributed by atoms with Gasteiger partial charge in [0, 0.05) is 13.2 Å². The van der Waals surface area contributed by atoms with Crippen LogP contribution in [0.25, 0.3) is 0 Å². The molecule has 1 aromatic carbocycles. The Labute approximate surface area is 115 Å². The quantitative estimate of drug-likeness (QED) is 0.865. The van der Waals surface area contributed by atoms with Crippen LogP contribution in [0.15, 0.2) is 12.1 Å². The molecule has 0 aliphatic heterocycles. The second-order valence-corrected chi connectivity index (χ2v) is 4.11. The van der Waals surface area contributed by atoms with Crippen molar-refractivity contribution in [3.8, 4) is 5.75 Å². The largest absolute Gasteiger partial charge is 0.496 e. The summed E-state index contributed by atoms with van der Waals surface area (Å²) in [5.74, 6) is -1.45. The third-order valence-corrected chi connectivity index (χ3v) is 2.81. The molecule has 0 bridgehead atoms. The highest BCUT2D eigenvalue weighted by Crippen LogP contribution is 2.31. The number of carboxylic acids is 1. The fourth-order valence-electron chi connectivity index (χ4n) is 1.33. The lowest BCUT2D eigenvalue weighted by Crippen LogP contribution is -2.26. The zero-order chi connectivity index (χ0) is 14.6. The first kappa shape index (κ1) is 15.3. The van der Waals surface area contributed by atoms with Crippen molar-refractivity contribution in [2.45, 2.75) is 13.0 Å². The van der Waals surface area contributed by atoms with Gasteiger partial charge < -0.3 is 19.9 Å². The first-order valence-corrected chi connectivity index (χ1v) is 5.73. The summed E-state index contributed by atoms with van der Waals surface area (Å²) in [6.07, 6.45) is -0.652. The zero-order valence-corrected chi connectivity index (χ0v) is 11.4. The van der Waals surface area contributed by atoms with Crippen LogP contribution in [-0.4, -0.2) is 37.3 Å². The van der Waals surface area contributed by atoms with Gasteiger partial charge in [0.05, 0.1) is 17.8 Å². The van der Waals surface area contributed by atoms with Gasteiger partial charge in [0.25, 0.3) is 5.91 Å². The Morgan fingerprint density at radius 3 is 2.47 bits per heavy atom. The predicted molar refractivity (Wildman–Crippen MR) is 70.1 cm³/mol. The molecule has 0 fully saturated rings. The number of benzene rings is 1. The Morgan fingerprint density at radius 1 is 1.37 bits per heavy atom. The molecule has 2 N–H and O–H groups in total. The Hall–Kier alpha value is -1.79. The van der Waals surface area contributed by atoms with Crippen LogP contribution in [-0.2, 0) is 9.53 Å². The first-order chi connectivity index (χ1) is 8.90. The number of aromatic carboxylic acids is 1. The number of carbonyl (C=O) groups excluding carboxylic acids is 1. The fraction of sp³-hybridized carbons (Fsp3) is 0.333. The molecule has 0 saturated carbocycles. The average Bonchev–Trinajstić information content (AvgIpc) is 2.39. The molecular formula is C12H14ClNO5. The molecular weight excluding hydrogens is 274 g/mol. The van der Waals surface area contributed by atoms with Gasteiger partial charge in [-0.05, 0) is 13.0 Å². The third kappa shape index (κ3) is 3.59. The van der Waals surface area contributed by atoms with Crippen molar-refractivity contribution in [3.05, 3.63) is 22.7 Å². The summed E-state index contributed by atoms with van der Waals surface area (Å²) in [5.41, 5.74) is 0.183. The van der Waals surface area contributed by atoms with Crippen molar-refractivity contribution in [2.24, 2.45) is 0 Å². The van der Waals surface area contributed by atoms with Crippen LogP contribution in [0.2, 0.25) is 5.02 Å². The van der Waals surface area contributed by atoms with Gasteiger partial charge in [-0.25, -0.2) is 4.79 Å². The van der Waals surface area contributed by atoms with Crippen molar-refractivity contribution in [1.82, 2.24) is 0 Å². The average molecular weight is 288 g/mol. The zero-order valence-electron chi connectivity index (χ0n) is 10.7. The SMILES string of the molecule is COc1cc(NC(=O)C(C)OC)c(Cl)cc1C(=O)O. The first-order valence-electron chi connectivity index (χ1n) is 5.35. The molecule has 19 heavy (non-hydrogen) atoms. The van der Waals surface area contributed by atoms with Crippen LogP contribution < -0.4 is 10.1 Å². The number of halogens is 1. The minimum atomic E-state index is -1.16. The van der Waals surface area contributed by atoms with Crippen molar-refractivity contribution >= 4 is 29.2 Å². The lowest BCUT2D eigenvalue weighted by atomic mass is 10.1. The topological polar surface area (TPSA) is 84.9 Å². The maximum Gasteiger partial charge on any atom is 0.339 e. The summed E-state index contributed by atoms with van der Waals surface area (Å²) in [6.45, 7) is 1.58. The highest BCUT2D eigenvalue weighted by atomic mass is 35.5. The smallest absolute Gasteiger partial charge is 0.339 e. The number of carboxylic acid groups (broad SMARTS) is 1. The maximum atomic E-state index is 11.7. The Balaban J connectivity index is 3.10. The van der Waals surface area contributed by atoms with E-state index in [0.717, 1.165) is 0 Å². The summed E-state index contributed by atoms with van der Waals surface area (Å²) in [6, 6.07) is 2.57. The number of anilines is 1. The van der Waals surface area contributed by atoms with Crippen molar-refractivity contribution in [2.75, 3.05) is 19.5 Å². The summed E-state index contributed by atoms with van der Waals surface area (Å²) in [4.78, 5) is 22.6. The minimum absolute atomic E-state index is 0.0784. The number of hydrogen-bond acceptors (Lipinski definition) is 4. The summed E-state index contributed by atoms with van der Waals surface area (Å²) in [7, 11) is 2.74. The Bertz CT molecular complexity index is 503. The van der Waals surface area contributed by atoms with E-state index in [0.29, 0.717) is 0 Å². The predicted octanol–water partition coefficient (Wildman–Crippen LogP) is 2.02. The molecule has 104 valence electrons. The molecule has 0 aromatic heterocycles. The van der Waals surface area contributed by atoms with E-state index in [-0.39, 0.29) is 22.0 Å². The standard InChI is InChI=1S/C12H14ClNO5/c1-6(18-2)11(15)14-9-5-10(19-3)7(12(16)17)4-8(9)13/h4-6H,1-3H3,(H,14,15)(H,16,17). The van der Waals surface area contributed by atoms with Gasteiger partial charge in [0.1, 0.15) is 17.4 Å². The molecule has 7 heteroatoms. The van der Waals surface area contributed by atoms with Gasteiger partial charge in [-0.2, -0.15) is 0 Å². The molecule has 6 nitrogen and oxygen atoms in total. The van der Waals surface area contributed by atoms with Crippen LogP contribution >= 0.6 is 11.6 Å². The number of carbonyl (C=O) groups is 2. The molecule has 0 saturated heterocycles. The van der Waals surface area contributed by atoms with Crippen LogP contribution in [0.3, 0.4) is 0 Å². The maximum absolute atomic E-state index is 11.7. The number of nitrogens with one attached hydrogen (secondary N) is 1. The molecule has 1 amide bonds. The van der Waals surface area contributed by atoms with Gasteiger partial charge in [0.15, 0.2) is 0 Å². The van der Waals surface area contributed by atoms with E-state index in [9.17, 15) is 9.59 Å². The van der Waals surface area contributed by atoms with Crippen molar-refractivity contribution < 1.29 is 24.2 Å². The third-order valence-electron chi connectivity index (χ3n) is 2.50. The molecule has 0 radical (unpaired) electrons. The van der Waals surface area contributed by atoms with E-state index in [2.05, 4.69) is 5.32 Å². The number of ether oxygens (including phenoxy) is 2. The van der Waals surface area contributed by atoms with E-state index in [1.54, 1.807) is 6.92 Å². The number of methoxy groups -OCH3 is 2. The highest BCUT2D eigenvalue weighted by molar-refractivity contribution is 6.34. The van der Waals surface area contributed by atoms with E-state index in [1.165, 1.54) is 26.4 Å².